The van der Waals surface area contributed by atoms with E-state index in [9.17, 15) is 0 Å². The zero-order valence-corrected chi connectivity index (χ0v) is 15.3. The van der Waals surface area contributed by atoms with Gasteiger partial charge in [0.15, 0.2) is 17.3 Å². The van der Waals surface area contributed by atoms with Gasteiger partial charge in [0.1, 0.15) is 0 Å². The Bertz CT molecular complexity index is 866. The number of anilines is 3. The molecular formula is C18H20N6O3. The molecule has 2 N–H and O–H groups in total. The first-order valence-corrected chi connectivity index (χ1v) is 8.13. The zero-order chi connectivity index (χ0) is 19.1. The fourth-order valence-corrected chi connectivity index (χ4v) is 2.42. The second-order valence-corrected chi connectivity index (χ2v) is 5.42. The number of methoxy groups -OCH3 is 3. The molecule has 0 saturated heterocycles. The van der Waals surface area contributed by atoms with Crippen molar-refractivity contribution in [3.8, 4) is 17.2 Å². The Balaban J connectivity index is 1.76. The van der Waals surface area contributed by atoms with Gasteiger partial charge in [0.25, 0.3) is 0 Å². The van der Waals surface area contributed by atoms with E-state index in [1.54, 1.807) is 52.1 Å². The summed E-state index contributed by atoms with van der Waals surface area (Å²) in [4.78, 5) is 8.49. The van der Waals surface area contributed by atoms with Crippen molar-refractivity contribution in [2.24, 2.45) is 0 Å². The van der Waals surface area contributed by atoms with Crippen molar-refractivity contribution in [3.63, 3.8) is 0 Å². The number of ether oxygens (including phenoxy) is 3. The highest BCUT2D eigenvalue weighted by atomic mass is 16.5. The maximum absolute atomic E-state index is 5.35. The average molecular weight is 368 g/mol. The SMILES string of the molecule is COc1cc(Nc2nncc(NCc3cccnc3)n2)cc(OC)c1OC. The van der Waals surface area contributed by atoms with Gasteiger partial charge in [-0.25, -0.2) is 0 Å². The first-order chi connectivity index (χ1) is 13.2. The highest BCUT2D eigenvalue weighted by molar-refractivity contribution is 5.65. The quantitative estimate of drug-likeness (QED) is 0.621. The summed E-state index contributed by atoms with van der Waals surface area (Å²) >= 11 is 0. The predicted octanol–water partition coefficient (Wildman–Crippen LogP) is 2.65. The maximum Gasteiger partial charge on any atom is 0.249 e. The van der Waals surface area contributed by atoms with Gasteiger partial charge in [0, 0.05) is 36.8 Å². The van der Waals surface area contributed by atoms with Gasteiger partial charge in [-0.3, -0.25) is 4.98 Å². The first-order valence-electron chi connectivity index (χ1n) is 8.13. The highest BCUT2D eigenvalue weighted by Gasteiger charge is 2.14. The lowest BCUT2D eigenvalue weighted by molar-refractivity contribution is 0.324. The van der Waals surface area contributed by atoms with Crippen molar-refractivity contribution in [2.45, 2.75) is 6.54 Å². The van der Waals surface area contributed by atoms with Crippen LogP contribution in [0.25, 0.3) is 0 Å². The third-order valence-corrected chi connectivity index (χ3v) is 3.68. The Morgan fingerprint density at radius 2 is 1.78 bits per heavy atom. The smallest absolute Gasteiger partial charge is 0.249 e. The van der Waals surface area contributed by atoms with E-state index in [0.29, 0.717) is 41.2 Å². The van der Waals surface area contributed by atoms with Gasteiger partial charge < -0.3 is 24.8 Å². The number of nitrogens with zero attached hydrogens (tertiary/aromatic N) is 4. The van der Waals surface area contributed by atoms with Crippen molar-refractivity contribution in [2.75, 3.05) is 32.0 Å². The minimum absolute atomic E-state index is 0.334. The molecular weight excluding hydrogens is 348 g/mol. The van der Waals surface area contributed by atoms with Gasteiger partial charge in [-0.15, -0.1) is 5.10 Å². The molecule has 2 aromatic heterocycles. The summed E-state index contributed by atoms with van der Waals surface area (Å²) in [6, 6.07) is 7.39. The van der Waals surface area contributed by atoms with E-state index in [1.165, 1.54) is 0 Å². The van der Waals surface area contributed by atoms with Crippen LogP contribution in [0.3, 0.4) is 0 Å². The van der Waals surface area contributed by atoms with Crippen molar-refractivity contribution in [1.29, 1.82) is 0 Å². The molecule has 0 aliphatic heterocycles. The molecule has 0 fully saturated rings. The number of rotatable bonds is 8. The lowest BCUT2D eigenvalue weighted by atomic mass is 10.2. The second kappa shape index (κ2) is 8.65. The van der Waals surface area contributed by atoms with Crippen LogP contribution in [0, 0.1) is 0 Å². The van der Waals surface area contributed by atoms with E-state index in [0.717, 1.165) is 5.56 Å². The van der Waals surface area contributed by atoms with Crippen molar-refractivity contribution in [1.82, 2.24) is 20.2 Å². The summed E-state index contributed by atoms with van der Waals surface area (Å²) in [5.41, 5.74) is 1.71. The van der Waals surface area contributed by atoms with E-state index >= 15 is 0 Å². The van der Waals surface area contributed by atoms with E-state index in [4.69, 9.17) is 14.2 Å². The lowest BCUT2D eigenvalue weighted by Gasteiger charge is -2.14. The van der Waals surface area contributed by atoms with E-state index in [2.05, 4.69) is 30.8 Å². The summed E-state index contributed by atoms with van der Waals surface area (Å²) in [6.45, 7) is 0.580. The number of hydrogen-bond donors (Lipinski definition) is 2. The molecule has 0 aliphatic rings. The van der Waals surface area contributed by atoms with Crippen LogP contribution in [0.4, 0.5) is 17.5 Å². The fourth-order valence-electron chi connectivity index (χ4n) is 2.42. The molecule has 0 amide bonds. The van der Waals surface area contributed by atoms with Crippen molar-refractivity contribution < 1.29 is 14.2 Å². The maximum atomic E-state index is 5.35. The third-order valence-electron chi connectivity index (χ3n) is 3.68. The number of aromatic nitrogens is 4. The molecule has 0 spiro atoms. The van der Waals surface area contributed by atoms with Crippen LogP contribution in [0.5, 0.6) is 17.2 Å². The van der Waals surface area contributed by atoms with Gasteiger partial charge in [0.05, 0.1) is 27.5 Å². The summed E-state index contributed by atoms with van der Waals surface area (Å²) in [6.07, 6.45) is 5.07. The van der Waals surface area contributed by atoms with Crippen LogP contribution < -0.4 is 24.8 Å². The van der Waals surface area contributed by atoms with Gasteiger partial charge in [-0.05, 0) is 11.6 Å². The molecule has 9 nitrogen and oxygen atoms in total. The predicted molar refractivity (Wildman–Crippen MR) is 101 cm³/mol. The molecule has 140 valence electrons. The minimum atomic E-state index is 0.334. The van der Waals surface area contributed by atoms with Crippen LogP contribution in [-0.2, 0) is 6.54 Å². The Morgan fingerprint density at radius 1 is 1.00 bits per heavy atom. The standard InChI is InChI=1S/C18H20N6O3/c1-25-14-7-13(8-15(26-2)17(14)27-3)22-18-23-16(11-21-24-18)20-10-12-5-4-6-19-9-12/h4-9,11H,10H2,1-3H3,(H2,20,22,23,24). The Morgan fingerprint density at radius 3 is 2.41 bits per heavy atom. The summed E-state index contributed by atoms with van der Waals surface area (Å²) in [7, 11) is 4.67. The van der Waals surface area contributed by atoms with E-state index < -0.39 is 0 Å². The number of hydrogen-bond acceptors (Lipinski definition) is 9. The largest absolute Gasteiger partial charge is 0.493 e. The number of benzene rings is 1. The number of nitrogens with one attached hydrogen (secondary N) is 2. The van der Waals surface area contributed by atoms with Gasteiger partial charge in [-0.1, -0.05) is 6.07 Å². The van der Waals surface area contributed by atoms with Crippen LogP contribution >= 0.6 is 0 Å². The molecule has 0 unspecified atom stereocenters. The fraction of sp³-hybridized carbons (Fsp3) is 0.222. The van der Waals surface area contributed by atoms with Gasteiger partial charge in [0.2, 0.25) is 11.7 Å². The molecule has 0 radical (unpaired) electrons. The summed E-state index contributed by atoms with van der Waals surface area (Å²) in [5.74, 6) is 2.48. The molecule has 0 bridgehead atoms. The molecule has 1 aromatic carbocycles. The van der Waals surface area contributed by atoms with Gasteiger partial charge >= 0.3 is 0 Å². The van der Waals surface area contributed by atoms with E-state index in [1.807, 2.05) is 12.1 Å². The summed E-state index contributed by atoms with van der Waals surface area (Å²) < 4.78 is 16.0. The highest BCUT2D eigenvalue weighted by Crippen LogP contribution is 2.40. The third kappa shape index (κ3) is 4.51. The van der Waals surface area contributed by atoms with Crippen molar-refractivity contribution >= 4 is 17.5 Å². The molecule has 3 aromatic rings. The zero-order valence-electron chi connectivity index (χ0n) is 15.3. The number of pyridine rings is 1. The summed E-state index contributed by atoms with van der Waals surface area (Å²) in [5, 5.41) is 14.3. The molecule has 9 heteroatoms. The first kappa shape index (κ1) is 18.2. The minimum Gasteiger partial charge on any atom is -0.493 e. The molecule has 3 rings (SSSR count). The van der Waals surface area contributed by atoms with Crippen LogP contribution in [0.1, 0.15) is 5.56 Å². The Labute approximate surface area is 156 Å². The van der Waals surface area contributed by atoms with E-state index in [-0.39, 0.29) is 0 Å². The molecule has 0 aliphatic carbocycles. The molecule has 27 heavy (non-hydrogen) atoms. The normalized spacial score (nSPS) is 10.2. The Kier molecular flexibility index (Phi) is 5.83. The van der Waals surface area contributed by atoms with Crippen LogP contribution in [0.2, 0.25) is 0 Å². The monoisotopic (exact) mass is 368 g/mol. The van der Waals surface area contributed by atoms with Crippen LogP contribution in [-0.4, -0.2) is 41.5 Å². The van der Waals surface area contributed by atoms with Crippen LogP contribution in [0.15, 0.2) is 42.9 Å². The molecule has 2 heterocycles. The van der Waals surface area contributed by atoms with Crippen molar-refractivity contribution in [3.05, 3.63) is 48.4 Å². The Hall–Kier alpha value is -3.62. The lowest BCUT2D eigenvalue weighted by Crippen LogP contribution is -2.06. The second-order valence-electron chi connectivity index (χ2n) is 5.42. The topological polar surface area (TPSA) is 103 Å². The molecule has 0 atom stereocenters. The molecule has 0 saturated carbocycles. The average Bonchev–Trinajstić information content (AvgIpc) is 2.72. The van der Waals surface area contributed by atoms with Gasteiger partial charge in [-0.2, -0.15) is 10.1 Å².